The average molecular weight is 715 g/mol. The van der Waals surface area contributed by atoms with Crippen molar-refractivity contribution in [2.75, 3.05) is 0 Å². The molecule has 0 radical (unpaired) electrons. The minimum absolute atomic E-state index is 0. The van der Waals surface area contributed by atoms with Crippen molar-refractivity contribution in [3.05, 3.63) is 93.0 Å². The molecular formula is C38H42N4O4S3. The standard InChI is InChI=1S/C37H34N4O4S.CH4.2H2S/c1-22-17-28(45-27-5-3-2-4-6-27)13-14-29(22)41-30-15-16-39-36-33(30)34(40-37(41)44)35(46-36)32(43)20-25-11-9-24(10-12-25)19-31(42)26(21-38)18-23-7-8-23;;;/h2-6,13-18,23-25,43H,7-12,19-20H2,1H3;1H4;2*1H2/b26-18+,35-32?;;;. The van der Waals surface area contributed by atoms with E-state index in [1.54, 1.807) is 10.8 Å². The van der Waals surface area contributed by atoms with Crippen LogP contribution < -0.4 is 15.0 Å². The van der Waals surface area contributed by atoms with E-state index in [0.29, 0.717) is 56.2 Å². The van der Waals surface area contributed by atoms with Crippen molar-refractivity contribution in [2.45, 2.75) is 65.7 Å². The maximum Gasteiger partial charge on any atom is 0.353 e. The summed E-state index contributed by atoms with van der Waals surface area (Å²) in [5, 5.41) is 21.5. The van der Waals surface area contributed by atoms with Gasteiger partial charge in [-0.2, -0.15) is 37.2 Å². The highest BCUT2D eigenvalue weighted by molar-refractivity contribution is 7.59. The molecule has 2 fully saturated rings. The molecule has 5 aromatic rings. The van der Waals surface area contributed by atoms with Crippen LogP contribution in [0.4, 0.5) is 0 Å². The molecule has 0 atom stereocenters. The van der Waals surface area contributed by atoms with Crippen LogP contribution in [0.5, 0.6) is 11.5 Å². The molecule has 0 amide bonds. The number of Topliss-reactive ketones (excluding diaryl/α,β-unsaturated/α-hetero) is 1. The lowest BCUT2D eigenvalue weighted by Gasteiger charge is -2.27. The lowest BCUT2D eigenvalue weighted by atomic mass is 9.78. The number of aryl methyl sites for hydroxylation is 1. The van der Waals surface area contributed by atoms with Crippen molar-refractivity contribution in [3.63, 3.8) is 0 Å². The lowest BCUT2D eigenvalue weighted by molar-refractivity contribution is -0.116. The van der Waals surface area contributed by atoms with Gasteiger partial charge in [-0.25, -0.2) is 9.78 Å². The number of carbonyl (C=O) groups is 1. The summed E-state index contributed by atoms with van der Waals surface area (Å²) in [4.78, 5) is 36.1. The van der Waals surface area contributed by atoms with Gasteiger partial charge in [0, 0.05) is 19.0 Å². The van der Waals surface area contributed by atoms with Crippen LogP contribution in [-0.4, -0.2) is 25.4 Å². The van der Waals surface area contributed by atoms with Crippen molar-refractivity contribution in [1.82, 2.24) is 14.5 Å². The number of hydrogen-bond donors (Lipinski definition) is 1. The highest BCUT2D eigenvalue weighted by atomic mass is 32.1. The molecule has 2 aliphatic carbocycles. The molecule has 0 bridgehead atoms. The van der Waals surface area contributed by atoms with Crippen molar-refractivity contribution in [1.29, 1.82) is 5.26 Å². The zero-order valence-electron chi connectivity index (χ0n) is 26.6. The highest BCUT2D eigenvalue weighted by Crippen LogP contribution is 2.36. The molecule has 1 N–H and O–H groups in total. The van der Waals surface area contributed by atoms with E-state index in [1.165, 1.54) is 11.3 Å². The number of aliphatic hydroxyl groups is 1. The number of nitriles is 1. The van der Waals surface area contributed by atoms with E-state index in [1.807, 2.05) is 67.6 Å². The maximum atomic E-state index is 13.6. The second kappa shape index (κ2) is 16.1. The topological polar surface area (TPSA) is 118 Å². The molecule has 3 aromatic heterocycles. The third kappa shape index (κ3) is 8.04. The second-order valence-corrected chi connectivity index (χ2v) is 13.6. The van der Waals surface area contributed by atoms with Gasteiger partial charge in [-0.15, -0.1) is 11.3 Å². The largest absolute Gasteiger partial charge is 0.511 e. The smallest absolute Gasteiger partial charge is 0.353 e. The molecule has 2 aliphatic rings. The van der Waals surface area contributed by atoms with E-state index in [-0.39, 0.29) is 57.8 Å². The van der Waals surface area contributed by atoms with Gasteiger partial charge in [0.15, 0.2) is 5.78 Å². The molecule has 7 rings (SSSR count). The number of aromatic nitrogens is 3. The Kier molecular flexibility index (Phi) is 12.4. The van der Waals surface area contributed by atoms with E-state index in [9.17, 15) is 20.0 Å². The van der Waals surface area contributed by atoms with Crippen molar-refractivity contribution >= 4 is 71.1 Å². The minimum atomic E-state index is -0.426. The Balaban J connectivity index is 0.00000180. The van der Waals surface area contributed by atoms with Gasteiger partial charge in [-0.3, -0.25) is 9.36 Å². The summed E-state index contributed by atoms with van der Waals surface area (Å²) in [5.74, 6) is 2.53. The van der Waals surface area contributed by atoms with Crippen LogP contribution in [0.15, 0.2) is 77.2 Å². The predicted octanol–water partition coefficient (Wildman–Crippen LogP) is 8.36. The monoisotopic (exact) mass is 714 g/mol. The van der Waals surface area contributed by atoms with Crippen molar-refractivity contribution in [3.8, 4) is 23.3 Å². The summed E-state index contributed by atoms with van der Waals surface area (Å²) in [6, 6.07) is 19.1. The Hall–Kier alpha value is -4.11. The van der Waals surface area contributed by atoms with Gasteiger partial charge in [-0.1, -0.05) is 31.7 Å². The summed E-state index contributed by atoms with van der Waals surface area (Å²) in [7, 11) is 0. The molecule has 49 heavy (non-hydrogen) atoms. The zero-order chi connectivity index (χ0) is 31.8. The Morgan fingerprint density at radius 1 is 1.02 bits per heavy atom. The van der Waals surface area contributed by atoms with Gasteiger partial charge in [0.05, 0.1) is 26.7 Å². The van der Waals surface area contributed by atoms with E-state index >= 15 is 0 Å². The van der Waals surface area contributed by atoms with Gasteiger partial charge in [-0.05, 0) is 105 Å². The summed E-state index contributed by atoms with van der Waals surface area (Å²) < 4.78 is 8.18. The fourth-order valence-electron chi connectivity index (χ4n) is 6.60. The summed E-state index contributed by atoms with van der Waals surface area (Å²) >= 11 is 1.36. The maximum absolute atomic E-state index is 13.6. The molecule has 0 spiro atoms. The number of nitrogens with zero attached hydrogens (tertiary/aromatic N) is 4. The quantitative estimate of drug-likeness (QED) is 0.120. The Morgan fingerprint density at radius 2 is 1.71 bits per heavy atom. The van der Waals surface area contributed by atoms with Gasteiger partial charge >= 0.3 is 5.69 Å². The fourth-order valence-corrected chi connectivity index (χ4v) is 7.65. The van der Waals surface area contributed by atoms with Gasteiger partial charge < -0.3 is 9.84 Å². The molecule has 2 saturated carbocycles. The average Bonchev–Trinajstić information content (AvgIpc) is 3.81. The molecule has 8 nitrogen and oxygen atoms in total. The van der Waals surface area contributed by atoms with E-state index in [0.717, 1.165) is 55.2 Å². The van der Waals surface area contributed by atoms with Gasteiger partial charge in [0.1, 0.15) is 33.7 Å². The van der Waals surface area contributed by atoms with E-state index in [2.05, 4.69) is 16.0 Å². The predicted molar refractivity (Wildman–Crippen MR) is 207 cm³/mol. The normalized spacial score (nSPS) is 18.1. The molecule has 2 aromatic carbocycles. The zero-order valence-corrected chi connectivity index (χ0v) is 29.4. The molecule has 256 valence electrons. The van der Waals surface area contributed by atoms with Crippen LogP contribution in [0, 0.1) is 36.0 Å². The summed E-state index contributed by atoms with van der Waals surface area (Å²) in [5.41, 5.74) is 2.62. The highest BCUT2D eigenvalue weighted by Gasteiger charge is 2.27. The first-order chi connectivity index (χ1) is 22.4. The number of ketones is 1. The van der Waals surface area contributed by atoms with Crippen LogP contribution in [-0.2, 0) is 4.79 Å². The van der Waals surface area contributed by atoms with Crippen LogP contribution in [0.1, 0.15) is 64.4 Å². The van der Waals surface area contributed by atoms with E-state index < -0.39 is 5.69 Å². The second-order valence-electron chi connectivity index (χ2n) is 12.6. The minimum Gasteiger partial charge on any atom is -0.511 e. The Labute approximate surface area is 304 Å². The molecule has 3 heterocycles. The molecule has 11 heteroatoms. The number of pyridine rings is 1. The first-order valence-electron chi connectivity index (χ1n) is 15.9. The first kappa shape index (κ1) is 37.7. The lowest BCUT2D eigenvalue weighted by Crippen LogP contribution is -2.24. The number of rotatable bonds is 9. The molecular weight excluding hydrogens is 673 g/mol. The Bertz CT molecular complexity index is 2140. The number of benzene rings is 2. The van der Waals surface area contributed by atoms with Crippen LogP contribution in [0.2, 0.25) is 0 Å². The number of carbonyl (C=O) groups excluding carboxylic acids is 1. The van der Waals surface area contributed by atoms with Crippen molar-refractivity contribution < 1.29 is 14.6 Å². The molecule has 0 saturated heterocycles. The molecule has 0 unspecified atom stereocenters. The summed E-state index contributed by atoms with van der Waals surface area (Å²) in [6.45, 7) is 1.94. The van der Waals surface area contributed by atoms with Crippen LogP contribution >= 0.6 is 38.3 Å². The number of para-hydroxylation sites is 1. The number of aliphatic hydroxyl groups excluding tert-OH is 1. The van der Waals surface area contributed by atoms with Gasteiger partial charge in [0.25, 0.3) is 0 Å². The van der Waals surface area contributed by atoms with Gasteiger partial charge in [0.2, 0.25) is 0 Å². The van der Waals surface area contributed by atoms with Crippen LogP contribution in [0.3, 0.4) is 0 Å². The van der Waals surface area contributed by atoms with E-state index in [4.69, 9.17) is 4.74 Å². The SMILES string of the molecule is C.Cc1cc(Oc2ccccc2)ccc1-n1c(=O)nc2c(=C(O)CC3CCC(CC(=O)/C(C#N)=C/C4CC4)CC3)sc3nccc1c32.S.S. The molecule has 0 aliphatic heterocycles. The third-order valence-corrected chi connectivity index (χ3v) is 10.3. The Morgan fingerprint density at radius 3 is 2.37 bits per heavy atom. The number of ether oxygens (including phenoxy) is 1. The summed E-state index contributed by atoms with van der Waals surface area (Å²) in [6.07, 6.45) is 10.2. The fraction of sp³-hybridized carbons (Fsp3) is 0.342. The first-order valence-corrected chi connectivity index (χ1v) is 16.7. The number of hydrogen-bond acceptors (Lipinski definition) is 8. The number of allylic oxidation sites excluding steroid dienone is 2. The number of thiophene rings is 1. The van der Waals surface area contributed by atoms with Crippen LogP contribution in [0.25, 0.3) is 32.7 Å². The van der Waals surface area contributed by atoms with Crippen molar-refractivity contribution in [2.24, 2.45) is 17.8 Å². The third-order valence-electron chi connectivity index (χ3n) is 9.20.